The largest absolute Gasteiger partial charge is 0.495 e. The van der Waals surface area contributed by atoms with Crippen molar-refractivity contribution >= 4 is 0 Å². The molecule has 4 heteroatoms. The third-order valence-corrected chi connectivity index (χ3v) is 3.54. The summed E-state index contributed by atoms with van der Waals surface area (Å²) >= 11 is 0. The van der Waals surface area contributed by atoms with Gasteiger partial charge in [-0.25, -0.2) is 0 Å². The SMILES string of the molecule is COc1cc(CN2CCCC2CN)ccc1C#N. The molecule has 96 valence electrons. The minimum atomic E-state index is 0.492. The van der Waals surface area contributed by atoms with Crippen molar-refractivity contribution in [1.29, 1.82) is 5.26 Å². The molecule has 1 atom stereocenters. The first kappa shape index (κ1) is 12.9. The Hall–Kier alpha value is -1.57. The van der Waals surface area contributed by atoms with Crippen LogP contribution in [0, 0.1) is 11.3 Å². The summed E-state index contributed by atoms with van der Waals surface area (Å²) in [6.45, 7) is 2.70. The Morgan fingerprint density at radius 3 is 3.06 bits per heavy atom. The van der Waals surface area contributed by atoms with E-state index in [1.54, 1.807) is 7.11 Å². The number of hydrogen-bond acceptors (Lipinski definition) is 4. The van der Waals surface area contributed by atoms with Crippen molar-refractivity contribution in [2.24, 2.45) is 5.73 Å². The molecule has 1 saturated heterocycles. The average molecular weight is 245 g/mol. The molecule has 0 amide bonds. The average Bonchev–Trinajstić information content (AvgIpc) is 2.85. The van der Waals surface area contributed by atoms with Gasteiger partial charge in [0.25, 0.3) is 0 Å². The molecule has 4 nitrogen and oxygen atoms in total. The molecular formula is C14H19N3O. The van der Waals surface area contributed by atoms with E-state index in [0.29, 0.717) is 23.9 Å². The summed E-state index contributed by atoms with van der Waals surface area (Å²) in [6.07, 6.45) is 2.40. The second kappa shape index (κ2) is 5.85. The van der Waals surface area contributed by atoms with Gasteiger partial charge in [-0.3, -0.25) is 4.90 Å². The fraction of sp³-hybridized carbons (Fsp3) is 0.500. The molecule has 2 N–H and O–H groups in total. The lowest BCUT2D eigenvalue weighted by molar-refractivity contribution is 0.250. The number of nitrogens with two attached hydrogens (primary N) is 1. The molecule has 0 bridgehead atoms. The van der Waals surface area contributed by atoms with Crippen molar-refractivity contribution in [2.75, 3.05) is 20.2 Å². The highest BCUT2D eigenvalue weighted by atomic mass is 16.5. The zero-order valence-corrected chi connectivity index (χ0v) is 10.7. The third-order valence-electron chi connectivity index (χ3n) is 3.54. The van der Waals surface area contributed by atoms with Gasteiger partial charge in [0, 0.05) is 19.1 Å². The van der Waals surface area contributed by atoms with Crippen molar-refractivity contribution < 1.29 is 4.74 Å². The van der Waals surface area contributed by atoms with Gasteiger partial charge in [-0.1, -0.05) is 6.07 Å². The minimum Gasteiger partial charge on any atom is -0.495 e. The Kier molecular flexibility index (Phi) is 4.19. The summed E-state index contributed by atoms with van der Waals surface area (Å²) in [4.78, 5) is 2.40. The van der Waals surface area contributed by atoms with Gasteiger partial charge in [0.2, 0.25) is 0 Å². The lowest BCUT2D eigenvalue weighted by Gasteiger charge is -2.23. The van der Waals surface area contributed by atoms with Gasteiger partial charge in [0.15, 0.2) is 0 Å². The topological polar surface area (TPSA) is 62.3 Å². The Labute approximate surface area is 108 Å². The molecule has 1 aromatic rings. The Balaban J connectivity index is 2.12. The molecule has 0 spiro atoms. The van der Waals surface area contributed by atoms with Crippen LogP contribution < -0.4 is 10.5 Å². The number of nitrogens with zero attached hydrogens (tertiary/aromatic N) is 2. The summed E-state index contributed by atoms with van der Waals surface area (Å²) in [5, 5.41) is 8.95. The molecule has 18 heavy (non-hydrogen) atoms. The van der Waals surface area contributed by atoms with Crippen LogP contribution in [0.25, 0.3) is 0 Å². The first-order chi connectivity index (χ1) is 8.78. The Morgan fingerprint density at radius 2 is 2.39 bits per heavy atom. The summed E-state index contributed by atoms with van der Waals surface area (Å²) in [7, 11) is 1.60. The van der Waals surface area contributed by atoms with E-state index in [4.69, 9.17) is 15.7 Å². The standard InChI is InChI=1S/C14H19N3O/c1-18-14-7-11(4-5-12(14)8-15)10-17-6-2-3-13(17)9-16/h4-5,7,13H,2-3,6,9-10,16H2,1H3. The molecule has 1 aliphatic heterocycles. The molecule has 1 aliphatic rings. The third kappa shape index (κ3) is 2.63. The smallest absolute Gasteiger partial charge is 0.136 e. The van der Waals surface area contributed by atoms with E-state index in [9.17, 15) is 0 Å². The van der Waals surface area contributed by atoms with Crippen LogP contribution in [0.2, 0.25) is 0 Å². The maximum absolute atomic E-state index is 8.95. The zero-order chi connectivity index (χ0) is 13.0. The number of ether oxygens (including phenoxy) is 1. The fourth-order valence-electron chi connectivity index (χ4n) is 2.53. The van der Waals surface area contributed by atoms with Gasteiger partial charge in [0.1, 0.15) is 11.8 Å². The molecule has 0 saturated carbocycles. The minimum absolute atomic E-state index is 0.492. The number of nitriles is 1. The molecule has 0 aromatic heterocycles. The molecule has 0 aliphatic carbocycles. The predicted molar refractivity (Wildman–Crippen MR) is 70.2 cm³/mol. The van der Waals surface area contributed by atoms with Gasteiger partial charge < -0.3 is 10.5 Å². The van der Waals surface area contributed by atoms with Gasteiger partial charge >= 0.3 is 0 Å². The number of hydrogen-bond donors (Lipinski definition) is 1. The molecule has 1 aromatic carbocycles. The maximum atomic E-state index is 8.95. The molecule has 0 radical (unpaired) electrons. The monoisotopic (exact) mass is 245 g/mol. The normalized spacial score (nSPS) is 19.7. The first-order valence-corrected chi connectivity index (χ1v) is 6.29. The lowest BCUT2D eigenvalue weighted by atomic mass is 10.1. The van der Waals surface area contributed by atoms with Crippen LogP contribution >= 0.6 is 0 Å². The van der Waals surface area contributed by atoms with Crippen LogP contribution in [-0.4, -0.2) is 31.1 Å². The van der Waals surface area contributed by atoms with Crippen LogP contribution in [0.5, 0.6) is 5.75 Å². The van der Waals surface area contributed by atoms with E-state index >= 15 is 0 Å². The van der Waals surface area contributed by atoms with Crippen LogP contribution in [0.1, 0.15) is 24.0 Å². The van der Waals surface area contributed by atoms with Crippen molar-refractivity contribution in [1.82, 2.24) is 4.90 Å². The zero-order valence-electron chi connectivity index (χ0n) is 10.7. The maximum Gasteiger partial charge on any atom is 0.136 e. The van der Waals surface area contributed by atoms with Gasteiger partial charge in [-0.2, -0.15) is 5.26 Å². The summed E-state index contributed by atoms with van der Waals surface area (Å²) in [5.41, 5.74) is 7.52. The molecule has 1 heterocycles. The highest BCUT2D eigenvalue weighted by Gasteiger charge is 2.23. The van der Waals surface area contributed by atoms with Crippen LogP contribution in [-0.2, 0) is 6.54 Å². The number of methoxy groups -OCH3 is 1. The van der Waals surface area contributed by atoms with Crippen LogP contribution in [0.4, 0.5) is 0 Å². The van der Waals surface area contributed by atoms with Crippen molar-refractivity contribution in [2.45, 2.75) is 25.4 Å². The van der Waals surface area contributed by atoms with Gasteiger partial charge in [-0.15, -0.1) is 0 Å². The molecule has 1 fully saturated rings. The number of likely N-dealkylation sites (tertiary alicyclic amines) is 1. The van der Waals surface area contributed by atoms with Crippen molar-refractivity contribution in [3.63, 3.8) is 0 Å². The van der Waals surface area contributed by atoms with Crippen molar-refractivity contribution in [3.05, 3.63) is 29.3 Å². The number of rotatable bonds is 4. The van der Waals surface area contributed by atoms with Gasteiger partial charge in [0.05, 0.1) is 12.7 Å². The summed E-state index contributed by atoms with van der Waals surface area (Å²) in [6, 6.07) is 8.38. The second-order valence-corrected chi connectivity index (χ2v) is 4.65. The highest BCUT2D eigenvalue weighted by Crippen LogP contribution is 2.23. The highest BCUT2D eigenvalue weighted by molar-refractivity contribution is 5.45. The molecule has 2 rings (SSSR count). The van der Waals surface area contributed by atoms with E-state index in [1.807, 2.05) is 18.2 Å². The quantitative estimate of drug-likeness (QED) is 0.873. The van der Waals surface area contributed by atoms with Crippen molar-refractivity contribution in [3.8, 4) is 11.8 Å². The van der Waals surface area contributed by atoms with E-state index < -0.39 is 0 Å². The second-order valence-electron chi connectivity index (χ2n) is 4.65. The van der Waals surface area contributed by atoms with E-state index in [-0.39, 0.29) is 0 Å². The Morgan fingerprint density at radius 1 is 1.56 bits per heavy atom. The number of benzene rings is 1. The lowest BCUT2D eigenvalue weighted by Crippen LogP contribution is -2.34. The van der Waals surface area contributed by atoms with Crippen LogP contribution in [0.15, 0.2) is 18.2 Å². The first-order valence-electron chi connectivity index (χ1n) is 6.29. The molecular weight excluding hydrogens is 226 g/mol. The Bertz CT molecular complexity index is 453. The summed E-state index contributed by atoms with van der Waals surface area (Å²) < 4.78 is 5.23. The fourth-order valence-corrected chi connectivity index (χ4v) is 2.53. The molecule has 1 unspecified atom stereocenters. The predicted octanol–water partition coefficient (Wildman–Crippen LogP) is 1.49. The summed E-state index contributed by atoms with van der Waals surface area (Å²) in [5.74, 6) is 0.651. The van der Waals surface area contributed by atoms with Gasteiger partial charge in [-0.05, 0) is 37.1 Å². The van der Waals surface area contributed by atoms with E-state index in [1.165, 1.54) is 18.4 Å². The van der Waals surface area contributed by atoms with Crippen LogP contribution in [0.3, 0.4) is 0 Å². The van der Waals surface area contributed by atoms with E-state index in [0.717, 1.165) is 13.1 Å². The van der Waals surface area contributed by atoms with E-state index in [2.05, 4.69) is 11.0 Å².